The molecular weight excluding hydrogens is 449 g/mol. The highest BCUT2D eigenvalue weighted by Crippen LogP contribution is 2.26. The van der Waals surface area contributed by atoms with E-state index in [1.165, 1.54) is 16.6 Å². The fraction of sp³-hybridized carbons (Fsp3) is 0.182. The molecule has 4 rings (SSSR count). The Morgan fingerprint density at radius 3 is 2.67 bits per heavy atom. The third-order valence-electron chi connectivity index (χ3n) is 5.11. The number of para-hydroxylation sites is 1. The summed E-state index contributed by atoms with van der Waals surface area (Å²) in [5.74, 6) is 0.684. The predicted octanol–water partition coefficient (Wildman–Crippen LogP) is 4.99. The molecule has 4 aromatic rings. The summed E-state index contributed by atoms with van der Waals surface area (Å²) in [6.07, 6.45) is 4.03. The van der Waals surface area contributed by atoms with Gasteiger partial charge in [-0.2, -0.15) is 0 Å². The van der Waals surface area contributed by atoms with Crippen molar-refractivity contribution in [1.82, 2.24) is 14.1 Å². The molecule has 0 radical (unpaired) electrons. The van der Waals surface area contributed by atoms with E-state index in [4.69, 9.17) is 4.98 Å². The smallest absolute Gasteiger partial charge is 0.261 e. The lowest BCUT2D eigenvalue weighted by molar-refractivity contribution is 0.708. The summed E-state index contributed by atoms with van der Waals surface area (Å²) in [7, 11) is 2.08. The molecule has 0 aliphatic rings. The van der Waals surface area contributed by atoms with Gasteiger partial charge in [-0.05, 0) is 72.9 Å². The number of fused-ring (bicyclic) bond motifs is 2. The van der Waals surface area contributed by atoms with Crippen molar-refractivity contribution in [2.24, 2.45) is 7.05 Å². The highest BCUT2D eigenvalue weighted by molar-refractivity contribution is 14.1. The van der Waals surface area contributed by atoms with Crippen molar-refractivity contribution in [2.45, 2.75) is 20.4 Å². The number of nitrogens with zero attached hydrogens (tertiary/aromatic N) is 3. The zero-order valence-corrected chi connectivity index (χ0v) is 17.7. The largest absolute Gasteiger partial charge is 0.347 e. The topological polar surface area (TPSA) is 39.8 Å². The van der Waals surface area contributed by atoms with Crippen molar-refractivity contribution >= 4 is 56.5 Å². The van der Waals surface area contributed by atoms with Crippen LogP contribution in [0.15, 0.2) is 47.3 Å². The van der Waals surface area contributed by atoms with E-state index in [1.807, 2.05) is 31.2 Å². The Labute approximate surface area is 171 Å². The van der Waals surface area contributed by atoms with Gasteiger partial charge in [-0.3, -0.25) is 9.36 Å². The molecule has 2 aromatic carbocycles. The number of aryl methyl sites for hydroxylation is 1. The summed E-state index contributed by atoms with van der Waals surface area (Å²) >= 11 is 2.22. The van der Waals surface area contributed by atoms with Crippen LogP contribution in [0, 0.1) is 10.5 Å². The minimum absolute atomic E-state index is 0.00954. The first-order valence-electron chi connectivity index (χ1n) is 8.93. The molecule has 0 atom stereocenters. The predicted molar refractivity (Wildman–Crippen MR) is 121 cm³/mol. The number of hydrogen-bond donors (Lipinski definition) is 0. The van der Waals surface area contributed by atoms with E-state index in [9.17, 15) is 4.79 Å². The molecule has 0 fully saturated rings. The van der Waals surface area contributed by atoms with Crippen LogP contribution in [0.2, 0.25) is 0 Å². The second kappa shape index (κ2) is 6.96. The number of benzene rings is 2. The van der Waals surface area contributed by atoms with Gasteiger partial charge in [0.05, 0.1) is 10.9 Å². The molecule has 2 heterocycles. The molecule has 2 aromatic heterocycles. The van der Waals surface area contributed by atoms with Crippen LogP contribution in [0.5, 0.6) is 0 Å². The van der Waals surface area contributed by atoms with Crippen molar-refractivity contribution in [3.8, 4) is 0 Å². The molecule has 0 saturated carbocycles. The zero-order valence-electron chi connectivity index (χ0n) is 15.5. The molecule has 27 heavy (non-hydrogen) atoms. The Morgan fingerprint density at radius 2 is 1.89 bits per heavy atom. The van der Waals surface area contributed by atoms with Crippen LogP contribution in [0.3, 0.4) is 0 Å². The third-order valence-corrected chi connectivity index (χ3v) is 5.78. The molecule has 136 valence electrons. The number of rotatable bonds is 3. The number of halogens is 1. The van der Waals surface area contributed by atoms with Crippen LogP contribution in [0.4, 0.5) is 0 Å². The normalized spacial score (nSPS) is 11.9. The van der Waals surface area contributed by atoms with Crippen LogP contribution in [-0.4, -0.2) is 14.1 Å². The second-order valence-electron chi connectivity index (χ2n) is 6.59. The maximum Gasteiger partial charge on any atom is 0.261 e. The lowest BCUT2D eigenvalue weighted by Gasteiger charge is -2.09. The first kappa shape index (κ1) is 18.0. The average molecular weight is 469 g/mol. The zero-order chi connectivity index (χ0) is 19.1. The van der Waals surface area contributed by atoms with Crippen LogP contribution < -0.4 is 5.56 Å². The first-order chi connectivity index (χ1) is 13.0. The van der Waals surface area contributed by atoms with Gasteiger partial charge in [0, 0.05) is 39.3 Å². The van der Waals surface area contributed by atoms with Crippen molar-refractivity contribution in [3.63, 3.8) is 0 Å². The Kier molecular flexibility index (Phi) is 4.63. The Balaban J connectivity index is 1.91. The lowest BCUT2D eigenvalue weighted by Crippen LogP contribution is -2.23. The van der Waals surface area contributed by atoms with Crippen LogP contribution in [-0.2, 0) is 13.6 Å². The lowest BCUT2D eigenvalue weighted by atomic mass is 10.1. The van der Waals surface area contributed by atoms with Gasteiger partial charge in [0.1, 0.15) is 5.82 Å². The van der Waals surface area contributed by atoms with Gasteiger partial charge in [0.25, 0.3) is 5.56 Å². The standard InChI is InChI=1S/C22H20IN3O/c1-4-26-21(24-19-11-9-15(23)13-18(19)22(26)27)12-10-16-14(2)25(3)20-8-6-5-7-17(16)20/h5-13H,4H2,1-3H3. The summed E-state index contributed by atoms with van der Waals surface area (Å²) in [5, 5.41) is 1.87. The van der Waals surface area contributed by atoms with E-state index in [2.05, 4.69) is 71.5 Å². The molecule has 4 nitrogen and oxygen atoms in total. The van der Waals surface area contributed by atoms with Gasteiger partial charge >= 0.3 is 0 Å². The molecule has 0 N–H and O–H groups in total. The van der Waals surface area contributed by atoms with Crippen molar-refractivity contribution in [3.05, 3.63) is 73.5 Å². The van der Waals surface area contributed by atoms with E-state index in [0.29, 0.717) is 17.8 Å². The Morgan fingerprint density at radius 1 is 1.11 bits per heavy atom. The highest BCUT2D eigenvalue weighted by atomic mass is 127. The van der Waals surface area contributed by atoms with Gasteiger partial charge in [0.15, 0.2) is 0 Å². The second-order valence-corrected chi connectivity index (χ2v) is 7.84. The van der Waals surface area contributed by atoms with E-state index >= 15 is 0 Å². The van der Waals surface area contributed by atoms with E-state index in [-0.39, 0.29) is 5.56 Å². The van der Waals surface area contributed by atoms with E-state index in [0.717, 1.165) is 14.7 Å². The summed E-state index contributed by atoms with van der Waals surface area (Å²) in [4.78, 5) is 17.7. The minimum Gasteiger partial charge on any atom is -0.347 e. The summed E-state index contributed by atoms with van der Waals surface area (Å²) < 4.78 is 4.96. The monoisotopic (exact) mass is 469 g/mol. The molecule has 0 spiro atoms. The Hall–Kier alpha value is -2.41. The molecule has 0 aliphatic carbocycles. The van der Waals surface area contributed by atoms with Gasteiger partial charge < -0.3 is 4.57 Å². The maximum atomic E-state index is 12.9. The SMILES string of the molecule is CCn1c(C=Cc2c(C)n(C)c3ccccc23)nc2ccc(I)cc2c1=O. The quantitative estimate of drug-likeness (QED) is 0.397. The molecule has 0 amide bonds. The van der Waals surface area contributed by atoms with Gasteiger partial charge in [-0.1, -0.05) is 18.2 Å². The molecule has 5 heteroatoms. The summed E-state index contributed by atoms with van der Waals surface area (Å²) in [6.45, 7) is 4.67. The molecule has 0 aliphatic heterocycles. The fourth-order valence-corrected chi connectivity index (χ4v) is 4.05. The summed E-state index contributed by atoms with van der Waals surface area (Å²) in [6, 6.07) is 14.2. The maximum absolute atomic E-state index is 12.9. The van der Waals surface area contributed by atoms with Gasteiger partial charge in [-0.15, -0.1) is 0 Å². The van der Waals surface area contributed by atoms with E-state index in [1.54, 1.807) is 4.57 Å². The van der Waals surface area contributed by atoms with Crippen molar-refractivity contribution in [1.29, 1.82) is 0 Å². The Bertz CT molecular complexity index is 1260. The minimum atomic E-state index is 0.00954. The highest BCUT2D eigenvalue weighted by Gasteiger charge is 2.11. The number of aromatic nitrogens is 3. The fourth-order valence-electron chi connectivity index (χ4n) is 3.56. The molecule has 0 bridgehead atoms. The van der Waals surface area contributed by atoms with E-state index < -0.39 is 0 Å². The van der Waals surface area contributed by atoms with Crippen LogP contribution in [0.1, 0.15) is 24.0 Å². The molecule has 0 unspecified atom stereocenters. The van der Waals surface area contributed by atoms with Gasteiger partial charge in [-0.25, -0.2) is 4.98 Å². The van der Waals surface area contributed by atoms with Crippen LogP contribution >= 0.6 is 22.6 Å². The van der Waals surface area contributed by atoms with Gasteiger partial charge in [0.2, 0.25) is 0 Å². The van der Waals surface area contributed by atoms with Crippen molar-refractivity contribution in [2.75, 3.05) is 0 Å². The first-order valence-corrected chi connectivity index (χ1v) is 10.0. The van der Waals surface area contributed by atoms with Crippen molar-refractivity contribution < 1.29 is 0 Å². The number of hydrogen-bond acceptors (Lipinski definition) is 2. The molecule has 0 saturated heterocycles. The average Bonchev–Trinajstić information content (AvgIpc) is 2.92. The molecular formula is C22H20IN3O. The third kappa shape index (κ3) is 3.00. The van der Waals surface area contributed by atoms with Crippen LogP contribution in [0.25, 0.3) is 34.0 Å². The summed E-state index contributed by atoms with van der Waals surface area (Å²) in [5.41, 5.74) is 4.29.